The lowest BCUT2D eigenvalue weighted by Crippen LogP contribution is -2.17. The number of carbonyl (C=O) groups excluding carboxylic acids is 2. The normalized spacial score (nSPS) is 10.6. The van der Waals surface area contributed by atoms with Gasteiger partial charge in [-0.3, -0.25) is 9.78 Å². The third-order valence-corrected chi connectivity index (χ3v) is 4.21. The predicted molar refractivity (Wildman–Crippen MR) is 110 cm³/mol. The minimum absolute atomic E-state index is 0.328. The van der Waals surface area contributed by atoms with Crippen molar-refractivity contribution in [1.82, 2.24) is 10.4 Å². The molecule has 3 rings (SSSR count). The molecule has 0 aliphatic rings. The first kappa shape index (κ1) is 19.4. The smallest absolute Gasteiger partial charge is 0.343 e. The predicted octanol–water partition coefficient (Wildman–Crippen LogP) is 4.14. The Labute approximate surface area is 170 Å². The summed E-state index contributed by atoms with van der Waals surface area (Å²) in [6.45, 7) is 1.90. The number of hydrogen-bond donors (Lipinski definition) is 1. The van der Waals surface area contributed by atoms with E-state index in [4.69, 9.17) is 4.74 Å². The van der Waals surface area contributed by atoms with E-state index in [1.165, 1.54) is 12.4 Å². The molecule has 28 heavy (non-hydrogen) atoms. The van der Waals surface area contributed by atoms with E-state index in [2.05, 4.69) is 31.4 Å². The van der Waals surface area contributed by atoms with Crippen LogP contribution in [0.4, 0.5) is 0 Å². The summed E-state index contributed by atoms with van der Waals surface area (Å²) in [7, 11) is 0. The highest BCUT2D eigenvalue weighted by Crippen LogP contribution is 2.23. The van der Waals surface area contributed by atoms with Crippen LogP contribution in [0.15, 0.2) is 76.6 Å². The minimum atomic E-state index is -0.472. The van der Waals surface area contributed by atoms with Gasteiger partial charge >= 0.3 is 5.97 Å². The van der Waals surface area contributed by atoms with Gasteiger partial charge in [0.1, 0.15) is 5.75 Å². The van der Waals surface area contributed by atoms with Crippen molar-refractivity contribution in [3.63, 3.8) is 0 Å². The number of nitrogens with one attached hydrogen (secondary N) is 1. The molecule has 1 aromatic heterocycles. The molecule has 6 nitrogen and oxygen atoms in total. The van der Waals surface area contributed by atoms with Crippen LogP contribution in [0, 0.1) is 6.92 Å². The van der Waals surface area contributed by atoms with Crippen LogP contribution < -0.4 is 10.2 Å². The number of rotatable bonds is 5. The number of pyridine rings is 1. The molecule has 3 aromatic rings. The van der Waals surface area contributed by atoms with Gasteiger partial charge in [0.2, 0.25) is 0 Å². The van der Waals surface area contributed by atoms with Crippen molar-refractivity contribution >= 4 is 34.0 Å². The number of ether oxygens (including phenoxy) is 1. The average molecular weight is 438 g/mol. The zero-order chi connectivity index (χ0) is 19.9. The van der Waals surface area contributed by atoms with E-state index in [1.54, 1.807) is 54.7 Å². The Morgan fingerprint density at radius 1 is 1.11 bits per heavy atom. The van der Waals surface area contributed by atoms with E-state index >= 15 is 0 Å². The fraction of sp³-hybridized carbons (Fsp3) is 0.0476. The lowest BCUT2D eigenvalue weighted by atomic mass is 10.1. The lowest BCUT2D eigenvalue weighted by molar-refractivity contribution is 0.0734. The second-order valence-electron chi connectivity index (χ2n) is 5.88. The van der Waals surface area contributed by atoms with Crippen LogP contribution in [-0.4, -0.2) is 23.1 Å². The van der Waals surface area contributed by atoms with Crippen LogP contribution >= 0.6 is 15.9 Å². The third-order valence-electron chi connectivity index (χ3n) is 3.72. The first-order chi connectivity index (χ1) is 13.5. The van der Waals surface area contributed by atoms with Gasteiger partial charge in [-0.25, -0.2) is 10.2 Å². The van der Waals surface area contributed by atoms with Crippen LogP contribution in [0.1, 0.15) is 31.8 Å². The number of benzene rings is 2. The van der Waals surface area contributed by atoms with Crippen molar-refractivity contribution in [3.05, 3.63) is 93.7 Å². The van der Waals surface area contributed by atoms with E-state index in [9.17, 15) is 9.59 Å². The Kier molecular flexibility index (Phi) is 6.29. The molecule has 2 aromatic carbocycles. The van der Waals surface area contributed by atoms with Crippen LogP contribution in [0.25, 0.3) is 0 Å². The summed E-state index contributed by atoms with van der Waals surface area (Å²) in [5, 5.41) is 3.95. The molecule has 0 bridgehead atoms. The van der Waals surface area contributed by atoms with E-state index in [0.29, 0.717) is 22.4 Å². The van der Waals surface area contributed by atoms with E-state index in [0.717, 1.165) is 10.0 Å². The molecule has 0 saturated carbocycles. The van der Waals surface area contributed by atoms with Crippen molar-refractivity contribution in [2.45, 2.75) is 6.92 Å². The van der Waals surface area contributed by atoms with Crippen LogP contribution in [-0.2, 0) is 0 Å². The summed E-state index contributed by atoms with van der Waals surface area (Å²) in [5.41, 5.74) is 4.76. The third kappa shape index (κ3) is 5.11. The van der Waals surface area contributed by atoms with Gasteiger partial charge in [-0.1, -0.05) is 33.6 Å². The number of esters is 1. The molecule has 7 heteroatoms. The van der Waals surface area contributed by atoms with E-state index < -0.39 is 11.9 Å². The summed E-state index contributed by atoms with van der Waals surface area (Å²) in [5.74, 6) is -0.535. The van der Waals surface area contributed by atoms with Gasteiger partial charge in [-0.05, 0) is 49.4 Å². The maximum Gasteiger partial charge on any atom is 0.343 e. The molecule has 1 heterocycles. The molecule has 0 atom stereocenters. The summed E-state index contributed by atoms with van der Waals surface area (Å²) in [6, 6.07) is 15.6. The highest BCUT2D eigenvalue weighted by molar-refractivity contribution is 9.10. The van der Waals surface area contributed by atoms with Crippen LogP contribution in [0.5, 0.6) is 5.75 Å². The molecule has 140 valence electrons. The molecular weight excluding hydrogens is 422 g/mol. The fourth-order valence-electron chi connectivity index (χ4n) is 2.37. The molecule has 0 aliphatic carbocycles. The fourth-order valence-corrected chi connectivity index (χ4v) is 2.74. The van der Waals surface area contributed by atoms with Gasteiger partial charge < -0.3 is 4.74 Å². The summed E-state index contributed by atoms with van der Waals surface area (Å²) < 4.78 is 6.29. The average Bonchev–Trinajstić information content (AvgIpc) is 2.70. The zero-order valence-electron chi connectivity index (χ0n) is 14.9. The first-order valence-electron chi connectivity index (χ1n) is 8.35. The van der Waals surface area contributed by atoms with Gasteiger partial charge in [0.25, 0.3) is 5.91 Å². The maximum absolute atomic E-state index is 12.4. The SMILES string of the molecule is Cc1cccc(C(=O)Oc2ccc(Br)cc2/C=N/NC(=O)c2cccnc2)c1. The lowest BCUT2D eigenvalue weighted by Gasteiger charge is -2.08. The number of hydrazone groups is 1. The van der Waals surface area contributed by atoms with Crippen molar-refractivity contribution in [3.8, 4) is 5.75 Å². The quantitative estimate of drug-likeness (QED) is 0.281. The van der Waals surface area contributed by atoms with E-state index in [1.807, 2.05) is 13.0 Å². The first-order valence-corrected chi connectivity index (χ1v) is 9.14. The van der Waals surface area contributed by atoms with Crippen molar-refractivity contribution in [2.75, 3.05) is 0 Å². The summed E-state index contributed by atoms with van der Waals surface area (Å²) in [6.07, 6.45) is 4.44. The number of aromatic nitrogens is 1. The Hall–Kier alpha value is -3.32. The molecule has 0 spiro atoms. The maximum atomic E-state index is 12.4. The van der Waals surface area contributed by atoms with Crippen LogP contribution in [0.3, 0.4) is 0 Å². The Balaban J connectivity index is 1.75. The number of nitrogens with zero attached hydrogens (tertiary/aromatic N) is 2. The molecule has 0 unspecified atom stereocenters. The van der Waals surface area contributed by atoms with Gasteiger partial charge in [-0.15, -0.1) is 0 Å². The highest BCUT2D eigenvalue weighted by Gasteiger charge is 2.12. The summed E-state index contributed by atoms with van der Waals surface area (Å²) in [4.78, 5) is 28.3. The highest BCUT2D eigenvalue weighted by atomic mass is 79.9. The van der Waals surface area contributed by atoms with Crippen molar-refractivity contribution < 1.29 is 14.3 Å². The van der Waals surface area contributed by atoms with Crippen molar-refractivity contribution in [1.29, 1.82) is 0 Å². The Bertz CT molecular complexity index is 1040. The van der Waals surface area contributed by atoms with Crippen LogP contribution in [0.2, 0.25) is 0 Å². The van der Waals surface area contributed by atoms with Gasteiger partial charge in [0.15, 0.2) is 0 Å². The Morgan fingerprint density at radius 3 is 2.68 bits per heavy atom. The second-order valence-corrected chi connectivity index (χ2v) is 6.80. The molecule has 0 radical (unpaired) electrons. The molecule has 0 aliphatic heterocycles. The molecule has 0 saturated heterocycles. The summed E-state index contributed by atoms with van der Waals surface area (Å²) >= 11 is 3.38. The molecular formula is C21H16BrN3O3. The monoisotopic (exact) mass is 437 g/mol. The second kappa shape index (κ2) is 9.05. The van der Waals surface area contributed by atoms with Gasteiger partial charge in [0, 0.05) is 22.4 Å². The van der Waals surface area contributed by atoms with Gasteiger partial charge in [-0.2, -0.15) is 5.10 Å². The largest absolute Gasteiger partial charge is 0.422 e. The number of halogens is 1. The zero-order valence-corrected chi connectivity index (χ0v) is 16.5. The van der Waals surface area contributed by atoms with Crippen molar-refractivity contribution in [2.24, 2.45) is 5.10 Å². The standard InChI is InChI=1S/C21H16BrN3O3/c1-14-4-2-5-15(10-14)21(27)28-19-8-7-18(22)11-17(19)13-24-25-20(26)16-6-3-9-23-12-16/h2-13H,1H3,(H,25,26)/b24-13+. The van der Waals surface area contributed by atoms with E-state index in [-0.39, 0.29) is 0 Å². The number of carbonyl (C=O) groups is 2. The molecule has 0 fully saturated rings. The molecule has 1 N–H and O–H groups in total. The number of amides is 1. The Morgan fingerprint density at radius 2 is 1.93 bits per heavy atom. The topological polar surface area (TPSA) is 80.6 Å². The number of aryl methyl sites for hydroxylation is 1. The minimum Gasteiger partial charge on any atom is -0.422 e. The van der Waals surface area contributed by atoms with Gasteiger partial charge in [0.05, 0.1) is 17.3 Å². The number of hydrogen-bond acceptors (Lipinski definition) is 5. The molecule has 1 amide bonds.